The lowest BCUT2D eigenvalue weighted by Crippen LogP contribution is -2.41. The standard InChI is InChI=1S/C12H25N3O/c1-11(2)10-16-9-6-14-12(13)15-7-4-3-5-8-15/h11H,3-10H2,1-2H3,(H2,13,14). The lowest BCUT2D eigenvalue weighted by molar-refractivity contribution is 0.116. The van der Waals surface area contributed by atoms with Gasteiger partial charge in [0.15, 0.2) is 5.96 Å². The Labute approximate surface area is 98.9 Å². The molecule has 1 fully saturated rings. The summed E-state index contributed by atoms with van der Waals surface area (Å²) in [6.45, 7) is 8.56. The molecule has 0 aromatic rings. The molecular formula is C12H25N3O. The third-order valence-corrected chi connectivity index (χ3v) is 2.64. The predicted octanol–water partition coefficient (Wildman–Crippen LogP) is 1.46. The molecule has 1 saturated heterocycles. The third kappa shape index (κ3) is 5.35. The number of aliphatic imine (C=N–C) groups is 1. The van der Waals surface area contributed by atoms with E-state index in [1.165, 1.54) is 19.3 Å². The summed E-state index contributed by atoms with van der Waals surface area (Å²) in [6, 6.07) is 0. The SMILES string of the molecule is CC(C)COCCN=C(N)N1CCCCC1. The zero-order valence-electron chi connectivity index (χ0n) is 10.6. The summed E-state index contributed by atoms with van der Waals surface area (Å²) in [5, 5.41) is 0. The lowest BCUT2D eigenvalue weighted by Gasteiger charge is -2.27. The quantitative estimate of drug-likeness (QED) is 0.439. The van der Waals surface area contributed by atoms with Crippen molar-refractivity contribution in [1.82, 2.24) is 4.90 Å². The fourth-order valence-corrected chi connectivity index (χ4v) is 1.77. The number of guanidine groups is 1. The molecule has 1 aliphatic rings. The van der Waals surface area contributed by atoms with E-state index in [2.05, 4.69) is 23.7 Å². The average Bonchev–Trinajstić information content (AvgIpc) is 2.29. The van der Waals surface area contributed by atoms with Crippen LogP contribution in [0.15, 0.2) is 4.99 Å². The van der Waals surface area contributed by atoms with Crippen LogP contribution in [-0.4, -0.2) is 43.7 Å². The van der Waals surface area contributed by atoms with Crippen molar-refractivity contribution in [3.05, 3.63) is 0 Å². The number of piperidine rings is 1. The Kier molecular flexibility index (Phi) is 6.23. The van der Waals surface area contributed by atoms with E-state index in [9.17, 15) is 0 Å². The molecule has 4 nitrogen and oxygen atoms in total. The van der Waals surface area contributed by atoms with Crippen LogP contribution in [0.5, 0.6) is 0 Å². The predicted molar refractivity (Wildman–Crippen MR) is 67.6 cm³/mol. The molecule has 1 aliphatic heterocycles. The minimum Gasteiger partial charge on any atom is -0.379 e. The molecule has 1 rings (SSSR count). The van der Waals surface area contributed by atoms with Gasteiger partial charge in [-0.2, -0.15) is 0 Å². The Morgan fingerprint density at radius 1 is 1.31 bits per heavy atom. The minimum atomic E-state index is 0.587. The van der Waals surface area contributed by atoms with Crippen molar-refractivity contribution in [2.24, 2.45) is 16.6 Å². The first-order chi connectivity index (χ1) is 7.70. The second kappa shape index (κ2) is 7.49. The van der Waals surface area contributed by atoms with Gasteiger partial charge in [-0.1, -0.05) is 13.8 Å². The highest BCUT2D eigenvalue weighted by atomic mass is 16.5. The van der Waals surface area contributed by atoms with E-state index >= 15 is 0 Å². The van der Waals surface area contributed by atoms with Crippen LogP contribution < -0.4 is 5.73 Å². The van der Waals surface area contributed by atoms with Crippen molar-refractivity contribution in [3.8, 4) is 0 Å². The van der Waals surface area contributed by atoms with Gasteiger partial charge in [-0.15, -0.1) is 0 Å². The number of likely N-dealkylation sites (tertiary alicyclic amines) is 1. The molecule has 0 unspecified atom stereocenters. The van der Waals surface area contributed by atoms with Crippen molar-refractivity contribution in [2.75, 3.05) is 32.8 Å². The fourth-order valence-electron chi connectivity index (χ4n) is 1.77. The van der Waals surface area contributed by atoms with Gasteiger partial charge in [0.25, 0.3) is 0 Å². The van der Waals surface area contributed by atoms with Gasteiger partial charge >= 0.3 is 0 Å². The highest BCUT2D eigenvalue weighted by Crippen LogP contribution is 2.07. The molecule has 0 aromatic heterocycles. The second-order valence-electron chi connectivity index (χ2n) is 4.76. The summed E-state index contributed by atoms with van der Waals surface area (Å²) < 4.78 is 5.45. The molecule has 0 bridgehead atoms. The van der Waals surface area contributed by atoms with Crippen LogP contribution in [0.3, 0.4) is 0 Å². The summed E-state index contributed by atoms with van der Waals surface area (Å²) in [6.07, 6.45) is 3.79. The molecule has 2 N–H and O–H groups in total. The smallest absolute Gasteiger partial charge is 0.191 e. The molecule has 0 saturated carbocycles. The lowest BCUT2D eigenvalue weighted by atomic mass is 10.1. The van der Waals surface area contributed by atoms with Gasteiger partial charge in [0, 0.05) is 19.7 Å². The molecule has 0 atom stereocenters. The highest BCUT2D eigenvalue weighted by molar-refractivity contribution is 5.78. The van der Waals surface area contributed by atoms with Crippen LogP contribution in [0.25, 0.3) is 0 Å². The van der Waals surface area contributed by atoms with E-state index in [4.69, 9.17) is 10.5 Å². The van der Waals surface area contributed by atoms with Crippen molar-refractivity contribution in [2.45, 2.75) is 33.1 Å². The summed E-state index contributed by atoms with van der Waals surface area (Å²) in [7, 11) is 0. The normalized spacial score (nSPS) is 18.2. The monoisotopic (exact) mass is 227 g/mol. The van der Waals surface area contributed by atoms with Crippen LogP contribution in [0.2, 0.25) is 0 Å². The number of rotatable bonds is 5. The Morgan fingerprint density at radius 3 is 2.62 bits per heavy atom. The van der Waals surface area contributed by atoms with Crippen molar-refractivity contribution in [1.29, 1.82) is 0 Å². The number of nitrogens with zero attached hydrogens (tertiary/aromatic N) is 2. The number of hydrogen-bond donors (Lipinski definition) is 1. The Balaban J connectivity index is 2.12. The summed E-state index contributed by atoms with van der Waals surface area (Å²) >= 11 is 0. The van der Waals surface area contributed by atoms with Gasteiger partial charge in [-0.25, -0.2) is 0 Å². The number of ether oxygens (including phenoxy) is 1. The average molecular weight is 227 g/mol. The van der Waals surface area contributed by atoms with Crippen LogP contribution in [0.4, 0.5) is 0 Å². The Morgan fingerprint density at radius 2 is 2.00 bits per heavy atom. The fraction of sp³-hybridized carbons (Fsp3) is 0.917. The number of nitrogens with two attached hydrogens (primary N) is 1. The molecule has 94 valence electrons. The van der Waals surface area contributed by atoms with E-state index in [1.807, 2.05) is 0 Å². The topological polar surface area (TPSA) is 50.9 Å². The van der Waals surface area contributed by atoms with Crippen LogP contribution >= 0.6 is 0 Å². The second-order valence-corrected chi connectivity index (χ2v) is 4.76. The maximum Gasteiger partial charge on any atom is 0.191 e. The van der Waals surface area contributed by atoms with Crippen molar-refractivity contribution < 1.29 is 4.74 Å². The molecule has 0 radical (unpaired) electrons. The zero-order valence-corrected chi connectivity index (χ0v) is 10.6. The molecular weight excluding hydrogens is 202 g/mol. The molecule has 4 heteroatoms. The largest absolute Gasteiger partial charge is 0.379 e. The first kappa shape index (κ1) is 13.3. The van der Waals surface area contributed by atoms with Crippen molar-refractivity contribution >= 4 is 5.96 Å². The highest BCUT2D eigenvalue weighted by Gasteiger charge is 2.11. The Hall–Kier alpha value is -0.770. The molecule has 1 heterocycles. The van der Waals surface area contributed by atoms with E-state index < -0.39 is 0 Å². The van der Waals surface area contributed by atoms with E-state index in [0.717, 1.165) is 19.7 Å². The summed E-state index contributed by atoms with van der Waals surface area (Å²) in [5.41, 5.74) is 5.91. The summed E-state index contributed by atoms with van der Waals surface area (Å²) in [5.74, 6) is 1.27. The first-order valence-electron chi connectivity index (χ1n) is 6.32. The van der Waals surface area contributed by atoms with Crippen LogP contribution in [-0.2, 0) is 4.74 Å². The molecule has 16 heavy (non-hydrogen) atoms. The van der Waals surface area contributed by atoms with Gasteiger partial charge in [0.2, 0.25) is 0 Å². The van der Waals surface area contributed by atoms with E-state index in [0.29, 0.717) is 25.0 Å². The minimum absolute atomic E-state index is 0.587. The maximum atomic E-state index is 5.91. The zero-order chi connectivity index (χ0) is 11.8. The van der Waals surface area contributed by atoms with Crippen LogP contribution in [0, 0.1) is 5.92 Å². The molecule has 0 aromatic carbocycles. The summed E-state index contributed by atoms with van der Waals surface area (Å²) in [4.78, 5) is 6.51. The van der Waals surface area contributed by atoms with Gasteiger partial charge in [0.05, 0.1) is 13.2 Å². The Bertz CT molecular complexity index is 210. The van der Waals surface area contributed by atoms with E-state index in [1.54, 1.807) is 0 Å². The molecule has 0 spiro atoms. The van der Waals surface area contributed by atoms with Gasteiger partial charge in [-0.3, -0.25) is 4.99 Å². The van der Waals surface area contributed by atoms with E-state index in [-0.39, 0.29) is 0 Å². The maximum absolute atomic E-state index is 5.91. The van der Waals surface area contributed by atoms with Crippen molar-refractivity contribution in [3.63, 3.8) is 0 Å². The van der Waals surface area contributed by atoms with Gasteiger partial charge in [-0.05, 0) is 25.2 Å². The third-order valence-electron chi connectivity index (χ3n) is 2.64. The van der Waals surface area contributed by atoms with Gasteiger partial charge in [0.1, 0.15) is 0 Å². The number of hydrogen-bond acceptors (Lipinski definition) is 2. The first-order valence-corrected chi connectivity index (χ1v) is 6.32. The molecule has 0 aliphatic carbocycles. The molecule has 0 amide bonds. The van der Waals surface area contributed by atoms with Crippen LogP contribution in [0.1, 0.15) is 33.1 Å². The van der Waals surface area contributed by atoms with Gasteiger partial charge < -0.3 is 15.4 Å².